The molecule has 1 amide bonds. The first kappa shape index (κ1) is 17.4. The maximum atomic E-state index is 12.1. The van der Waals surface area contributed by atoms with Crippen molar-refractivity contribution >= 4 is 17.7 Å². The molecule has 0 aliphatic carbocycles. The van der Waals surface area contributed by atoms with Crippen LogP contribution < -0.4 is 10.1 Å². The molecule has 0 unspecified atom stereocenters. The topological polar surface area (TPSA) is 38.3 Å². The van der Waals surface area contributed by atoms with Gasteiger partial charge < -0.3 is 10.1 Å². The van der Waals surface area contributed by atoms with Gasteiger partial charge in [-0.15, -0.1) is 11.8 Å². The third kappa shape index (κ3) is 5.64. The molecule has 23 heavy (non-hydrogen) atoms. The summed E-state index contributed by atoms with van der Waals surface area (Å²) in [5.74, 6) is 0.991. The first-order valence-electron chi connectivity index (χ1n) is 7.82. The Morgan fingerprint density at radius 2 is 1.83 bits per heavy atom. The molecule has 0 heterocycles. The van der Waals surface area contributed by atoms with Gasteiger partial charge in [-0.05, 0) is 43.5 Å². The van der Waals surface area contributed by atoms with Crippen molar-refractivity contribution < 1.29 is 9.53 Å². The highest BCUT2D eigenvalue weighted by atomic mass is 32.2. The predicted octanol–water partition coefficient (Wildman–Crippen LogP) is 3.92. The average Bonchev–Trinajstić information content (AvgIpc) is 2.59. The van der Waals surface area contributed by atoms with E-state index in [-0.39, 0.29) is 11.2 Å². The van der Waals surface area contributed by atoms with Crippen LogP contribution in [0.2, 0.25) is 0 Å². The molecular formula is C19H23NO2S. The molecule has 2 aromatic rings. The van der Waals surface area contributed by atoms with Crippen molar-refractivity contribution in [2.24, 2.45) is 0 Å². The lowest BCUT2D eigenvalue weighted by atomic mass is 10.1. The first-order chi connectivity index (χ1) is 11.2. The van der Waals surface area contributed by atoms with Crippen LogP contribution in [0.5, 0.6) is 5.75 Å². The molecule has 3 nitrogen and oxygen atoms in total. The number of aryl methyl sites for hydroxylation is 1. The number of amides is 1. The summed E-state index contributed by atoms with van der Waals surface area (Å²) in [4.78, 5) is 13.2. The molecule has 2 aromatic carbocycles. The number of methoxy groups -OCH3 is 1. The number of hydrogen-bond acceptors (Lipinski definition) is 3. The SMILES string of the molecule is COc1ccccc1CCCNC(=O)[C@H](C)Sc1ccccc1. The van der Waals surface area contributed by atoms with E-state index in [1.54, 1.807) is 18.9 Å². The Balaban J connectivity index is 1.72. The molecule has 122 valence electrons. The van der Waals surface area contributed by atoms with Crippen LogP contribution in [0.1, 0.15) is 18.9 Å². The van der Waals surface area contributed by atoms with Gasteiger partial charge in [0.2, 0.25) is 5.91 Å². The summed E-state index contributed by atoms with van der Waals surface area (Å²) in [6.45, 7) is 2.61. The zero-order valence-electron chi connectivity index (χ0n) is 13.6. The number of carbonyl (C=O) groups excluding carboxylic acids is 1. The van der Waals surface area contributed by atoms with E-state index in [1.807, 2.05) is 55.5 Å². The second-order valence-electron chi connectivity index (χ2n) is 5.28. The minimum Gasteiger partial charge on any atom is -0.496 e. The molecule has 0 aliphatic rings. The lowest BCUT2D eigenvalue weighted by Crippen LogP contribution is -2.31. The standard InChI is InChI=1S/C19H23NO2S/c1-15(23-17-11-4-3-5-12-17)19(21)20-14-8-10-16-9-6-7-13-18(16)22-2/h3-7,9,11-13,15H,8,10,14H2,1-2H3,(H,20,21)/t15-/m0/s1. The van der Waals surface area contributed by atoms with E-state index in [1.165, 1.54) is 5.56 Å². The monoisotopic (exact) mass is 329 g/mol. The van der Waals surface area contributed by atoms with Gasteiger partial charge in [0.05, 0.1) is 12.4 Å². The van der Waals surface area contributed by atoms with Crippen molar-refractivity contribution in [3.05, 3.63) is 60.2 Å². The van der Waals surface area contributed by atoms with Crippen molar-refractivity contribution in [1.82, 2.24) is 5.32 Å². The molecule has 0 saturated heterocycles. The van der Waals surface area contributed by atoms with E-state index in [9.17, 15) is 4.79 Å². The fourth-order valence-corrected chi connectivity index (χ4v) is 3.21. The highest BCUT2D eigenvalue weighted by Crippen LogP contribution is 2.22. The third-order valence-corrected chi connectivity index (χ3v) is 4.65. The minimum atomic E-state index is -0.0938. The average molecular weight is 329 g/mol. The van der Waals surface area contributed by atoms with E-state index in [0.29, 0.717) is 6.54 Å². The summed E-state index contributed by atoms with van der Waals surface area (Å²) in [5.41, 5.74) is 1.18. The van der Waals surface area contributed by atoms with E-state index < -0.39 is 0 Å². The Hall–Kier alpha value is -1.94. The minimum absolute atomic E-state index is 0.0823. The van der Waals surface area contributed by atoms with E-state index in [0.717, 1.165) is 23.5 Å². The van der Waals surface area contributed by atoms with Gasteiger partial charge in [0.15, 0.2) is 0 Å². The summed E-state index contributed by atoms with van der Waals surface area (Å²) in [6.07, 6.45) is 1.79. The number of ether oxygens (including phenoxy) is 1. The fraction of sp³-hybridized carbons (Fsp3) is 0.316. The summed E-state index contributed by atoms with van der Waals surface area (Å²) < 4.78 is 5.34. The number of hydrogen-bond donors (Lipinski definition) is 1. The van der Waals surface area contributed by atoms with Gasteiger partial charge in [0, 0.05) is 11.4 Å². The number of para-hydroxylation sites is 1. The molecule has 2 rings (SSSR count). The quantitative estimate of drug-likeness (QED) is 0.589. The van der Waals surface area contributed by atoms with E-state index in [4.69, 9.17) is 4.74 Å². The van der Waals surface area contributed by atoms with Crippen LogP contribution in [-0.2, 0) is 11.2 Å². The van der Waals surface area contributed by atoms with Gasteiger partial charge in [-0.25, -0.2) is 0 Å². The lowest BCUT2D eigenvalue weighted by Gasteiger charge is -2.12. The summed E-state index contributed by atoms with van der Waals surface area (Å²) in [7, 11) is 1.68. The van der Waals surface area contributed by atoms with Crippen LogP contribution in [-0.4, -0.2) is 24.8 Å². The zero-order valence-corrected chi connectivity index (χ0v) is 14.4. The normalized spacial score (nSPS) is 11.7. The molecule has 0 aromatic heterocycles. The van der Waals surface area contributed by atoms with Crippen LogP contribution in [0, 0.1) is 0 Å². The van der Waals surface area contributed by atoms with E-state index >= 15 is 0 Å². The largest absolute Gasteiger partial charge is 0.496 e. The highest BCUT2D eigenvalue weighted by Gasteiger charge is 2.13. The Morgan fingerprint density at radius 1 is 1.13 bits per heavy atom. The van der Waals surface area contributed by atoms with Gasteiger partial charge in [0.25, 0.3) is 0 Å². The number of carbonyl (C=O) groups is 1. The Morgan fingerprint density at radius 3 is 2.57 bits per heavy atom. The number of benzene rings is 2. The molecule has 0 spiro atoms. The summed E-state index contributed by atoms with van der Waals surface area (Å²) in [6, 6.07) is 18.0. The van der Waals surface area contributed by atoms with Gasteiger partial charge in [-0.3, -0.25) is 4.79 Å². The molecule has 0 fully saturated rings. The maximum absolute atomic E-state index is 12.1. The molecule has 1 N–H and O–H groups in total. The number of nitrogens with one attached hydrogen (secondary N) is 1. The van der Waals surface area contributed by atoms with Crippen LogP contribution in [0.25, 0.3) is 0 Å². The van der Waals surface area contributed by atoms with Gasteiger partial charge in [-0.1, -0.05) is 36.4 Å². The second-order valence-corrected chi connectivity index (χ2v) is 6.69. The Labute approximate surface area is 142 Å². The molecule has 4 heteroatoms. The van der Waals surface area contributed by atoms with Crippen molar-refractivity contribution in [2.45, 2.75) is 29.9 Å². The Bertz CT molecular complexity index is 616. The Kier molecular flexibility index (Phi) is 7.01. The smallest absolute Gasteiger partial charge is 0.233 e. The van der Waals surface area contributed by atoms with Crippen LogP contribution >= 0.6 is 11.8 Å². The van der Waals surface area contributed by atoms with Crippen molar-refractivity contribution in [3.63, 3.8) is 0 Å². The van der Waals surface area contributed by atoms with Crippen molar-refractivity contribution in [1.29, 1.82) is 0 Å². The third-order valence-electron chi connectivity index (χ3n) is 3.54. The molecule has 0 radical (unpaired) electrons. The molecule has 0 saturated carbocycles. The van der Waals surface area contributed by atoms with E-state index in [2.05, 4.69) is 11.4 Å². The zero-order chi connectivity index (χ0) is 16.5. The number of thioether (sulfide) groups is 1. The lowest BCUT2D eigenvalue weighted by molar-refractivity contribution is -0.120. The highest BCUT2D eigenvalue weighted by molar-refractivity contribution is 8.00. The molecular weight excluding hydrogens is 306 g/mol. The van der Waals surface area contributed by atoms with Crippen LogP contribution in [0.15, 0.2) is 59.5 Å². The van der Waals surface area contributed by atoms with Gasteiger partial charge in [0.1, 0.15) is 5.75 Å². The van der Waals surface area contributed by atoms with Crippen molar-refractivity contribution in [3.8, 4) is 5.75 Å². The molecule has 0 aliphatic heterocycles. The summed E-state index contributed by atoms with van der Waals surface area (Å²) in [5, 5.41) is 2.92. The molecule has 0 bridgehead atoms. The van der Waals surface area contributed by atoms with Gasteiger partial charge >= 0.3 is 0 Å². The summed E-state index contributed by atoms with van der Waals surface area (Å²) >= 11 is 1.58. The van der Waals surface area contributed by atoms with Crippen molar-refractivity contribution in [2.75, 3.05) is 13.7 Å². The van der Waals surface area contributed by atoms with Crippen LogP contribution in [0.4, 0.5) is 0 Å². The number of rotatable bonds is 8. The molecule has 1 atom stereocenters. The fourth-order valence-electron chi connectivity index (χ4n) is 2.30. The van der Waals surface area contributed by atoms with Crippen LogP contribution in [0.3, 0.4) is 0 Å². The second kappa shape index (κ2) is 9.26. The maximum Gasteiger partial charge on any atom is 0.233 e. The first-order valence-corrected chi connectivity index (χ1v) is 8.70. The van der Waals surface area contributed by atoms with Gasteiger partial charge in [-0.2, -0.15) is 0 Å². The predicted molar refractivity (Wildman–Crippen MR) is 96.1 cm³/mol.